The van der Waals surface area contributed by atoms with Gasteiger partial charge >= 0.3 is 0 Å². The molecule has 0 saturated carbocycles. The van der Waals surface area contributed by atoms with Crippen LogP contribution in [0.1, 0.15) is 31.7 Å². The third kappa shape index (κ3) is 8.44. The molecule has 1 aromatic rings. The monoisotopic (exact) mass is 396 g/mol. The van der Waals surface area contributed by atoms with Crippen LogP contribution in [0.4, 0.5) is 0 Å². The molecule has 0 aliphatic rings. The fourth-order valence-corrected chi connectivity index (χ4v) is 2.03. The van der Waals surface area contributed by atoms with Crippen LogP contribution >= 0.6 is 35.0 Å². The summed E-state index contributed by atoms with van der Waals surface area (Å²) in [7, 11) is 0. The van der Waals surface area contributed by atoms with Gasteiger partial charge in [-0.15, -0.1) is 12.4 Å². The molecule has 0 fully saturated rings. The number of hydrogen-bond acceptors (Lipinski definition) is 2. The van der Waals surface area contributed by atoms with E-state index in [2.05, 4.69) is 52.2 Å². The maximum atomic E-state index is 11.5. The smallest absolute Gasteiger partial charge is 0.220 e. The molecule has 1 rings (SSSR count). The summed E-state index contributed by atoms with van der Waals surface area (Å²) < 4.78 is 1.26. The van der Waals surface area contributed by atoms with Crippen LogP contribution < -0.4 is 11.1 Å². The largest absolute Gasteiger partial charge is 0.352 e. The van der Waals surface area contributed by atoms with Crippen LogP contribution in [0.2, 0.25) is 0 Å². The predicted molar refractivity (Wildman–Crippen MR) is 90.6 cm³/mol. The first-order valence-corrected chi connectivity index (χ1v) is 7.43. The van der Waals surface area contributed by atoms with Gasteiger partial charge < -0.3 is 11.1 Å². The first-order valence-electron chi connectivity index (χ1n) is 6.35. The summed E-state index contributed by atoms with van der Waals surface area (Å²) in [6.45, 7) is 2.41. The predicted octanol–water partition coefficient (Wildman–Crippen LogP) is 2.89. The number of amides is 1. The molecule has 19 heavy (non-hydrogen) atoms. The lowest BCUT2D eigenvalue weighted by atomic mass is 10.1. The molecule has 0 radical (unpaired) electrons. The van der Waals surface area contributed by atoms with E-state index in [0.29, 0.717) is 13.0 Å². The Labute approximate surface area is 135 Å². The second kappa shape index (κ2) is 10.5. The summed E-state index contributed by atoms with van der Waals surface area (Å²) in [5, 5.41) is 2.87. The summed E-state index contributed by atoms with van der Waals surface area (Å²) >= 11 is 2.30. The van der Waals surface area contributed by atoms with E-state index >= 15 is 0 Å². The molecule has 0 saturated heterocycles. The standard InChI is InChI=1S/C14H21IN2O.ClH/c1-11(10-16)17-14(18)5-3-2-4-12-6-8-13(15)9-7-12;/h6-9,11H,2-5,10,16H2,1H3,(H,17,18);1H/t11-;/m0./s1. The van der Waals surface area contributed by atoms with E-state index in [0.717, 1.165) is 19.3 Å². The summed E-state index contributed by atoms with van der Waals surface area (Å²) in [5.41, 5.74) is 6.79. The second-order valence-electron chi connectivity index (χ2n) is 4.54. The first-order chi connectivity index (χ1) is 8.61. The van der Waals surface area contributed by atoms with Gasteiger partial charge in [0.1, 0.15) is 0 Å². The van der Waals surface area contributed by atoms with Gasteiger partial charge in [-0.25, -0.2) is 0 Å². The van der Waals surface area contributed by atoms with Crippen molar-refractivity contribution in [2.45, 2.75) is 38.6 Å². The summed E-state index contributed by atoms with van der Waals surface area (Å²) in [6.07, 6.45) is 3.60. The highest BCUT2D eigenvalue weighted by molar-refractivity contribution is 14.1. The number of rotatable bonds is 7. The van der Waals surface area contributed by atoms with Gasteiger partial charge in [-0.05, 0) is 66.5 Å². The normalized spacial score (nSPS) is 11.5. The summed E-state index contributed by atoms with van der Waals surface area (Å²) in [4.78, 5) is 11.5. The molecule has 1 atom stereocenters. The van der Waals surface area contributed by atoms with Crippen LogP contribution in [0.3, 0.4) is 0 Å². The Hall–Kier alpha value is -0.330. The van der Waals surface area contributed by atoms with E-state index in [1.807, 2.05) is 6.92 Å². The van der Waals surface area contributed by atoms with E-state index in [9.17, 15) is 4.79 Å². The van der Waals surface area contributed by atoms with Crippen LogP contribution in [-0.4, -0.2) is 18.5 Å². The van der Waals surface area contributed by atoms with E-state index in [1.165, 1.54) is 9.13 Å². The number of unbranched alkanes of at least 4 members (excludes halogenated alkanes) is 1. The number of hydrogen-bond donors (Lipinski definition) is 2. The Morgan fingerprint density at radius 1 is 1.32 bits per heavy atom. The van der Waals surface area contributed by atoms with Crippen molar-refractivity contribution in [1.29, 1.82) is 0 Å². The maximum Gasteiger partial charge on any atom is 0.220 e. The van der Waals surface area contributed by atoms with Crippen LogP contribution in [-0.2, 0) is 11.2 Å². The number of aryl methyl sites for hydroxylation is 1. The molecule has 0 heterocycles. The SMILES string of the molecule is C[C@@H](CN)NC(=O)CCCCc1ccc(I)cc1.Cl. The highest BCUT2D eigenvalue weighted by Crippen LogP contribution is 2.10. The van der Waals surface area contributed by atoms with E-state index in [1.54, 1.807) is 0 Å². The van der Waals surface area contributed by atoms with Gasteiger partial charge in [0, 0.05) is 22.6 Å². The molecule has 0 bridgehead atoms. The molecule has 0 unspecified atom stereocenters. The van der Waals surface area contributed by atoms with Crippen molar-refractivity contribution in [2.75, 3.05) is 6.54 Å². The minimum absolute atomic E-state index is 0. The van der Waals surface area contributed by atoms with Gasteiger partial charge in [0.15, 0.2) is 0 Å². The lowest BCUT2D eigenvalue weighted by Crippen LogP contribution is -2.37. The molecule has 1 aromatic carbocycles. The topological polar surface area (TPSA) is 55.1 Å². The van der Waals surface area contributed by atoms with Crippen LogP contribution in [0.25, 0.3) is 0 Å². The number of nitrogens with two attached hydrogens (primary N) is 1. The van der Waals surface area contributed by atoms with Gasteiger partial charge in [0.2, 0.25) is 5.91 Å². The Morgan fingerprint density at radius 2 is 1.95 bits per heavy atom. The van der Waals surface area contributed by atoms with Crippen molar-refractivity contribution in [2.24, 2.45) is 5.73 Å². The van der Waals surface area contributed by atoms with Crippen LogP contribution in [0.5, 0.6) is 0 Å². The van der Waals surface area contributed by atoms with E-state index in [-0.39, 0.29) is 24.4 Å². The zero-order valence-electron chi connectivity index (χ0n) is 11.2. The molecule has 0 aliphatic heterocycles. The fraction of sp³-hybridized carbons (Fsp3) is 0.500. The number of nitrogens with one attached hydrogen (secondary N) is 1. The average Bonchev–Trinajstić information content (AvgIpc) is 2.36. The molecule has 0 spiro atoms. The quantitative estimate of drug-likeness (QED) is 0.550. The minimum Gasteiger partial charge on any atom is -0.352 e. The van der Waals surface area contributed by atoms with E-state index < -0.39 is 0 Å². The molecule has 3 N–H and O–H groups in total. The molecule has 108 valence electrons. The van der Waals surface area contributed by atoms with Gasteiger partial charge in [0.25, 0.3) is 0 Å². The number of carbonyl (C=O) groups is 1. The lowest BCUT2D eigenvalue weighted by molar-refractivity contribution is -0.121. The average molecular weight is 397 g/mol. The Bertz CT molecular complexity index is 370. The fourth-order valence-electron chi connectivity index (χ4n) is 1.67. The van der Waals surface area contributed by atoms with Gasteiger partial charge in [-0.1, -0.05) is 12.1 Å². The molecular weight excluding hydrogens is 375 g/mol. The molecular formula is C14H22ClIN2O. The third-order valence-corrected chi connectivity index (χ3v) is 3.51. The van der Waals surface area contributed by atoms with Crippen LogP contribution in [0.15, 0.2) is 24.3 Å². The first kappa shape index (κ1) is 18.7. The number of carbonyl (C=O) groups excluding carboxylic acids is 1. The molecule has 5 heteroatoms. The Kier molecular flexibility index (Phi) is 10.3. The highest BCUT2D eigenvalue weighted by Gasteiger charge is 2.04. The second-order valence-corrected chi connectivity index (χ2v) is 5.78. The van der Waals surface area contributed by atoms with Crippen molar-refractivity contribution in [3.63, 3.8) is 0 Å². The molecule has 1 amide bonds. The van der Waals surface area contributed by atoms with Gasteiger partial charge in [-0.2, -0.15) is 0 Å². The number of benzene rings is 1. The summed E-state index contributed by atoms with van der Waals surface area (Å²) in [6, 6.07) is 8.61. The van der Waals surface area contributed by atoms with Gasteiger partial charge in [0.05, 0.1) is 0 Å². The van der Waals surface area contributed by atoms with Crippen molar-refractivity contribution in [3.05, 3.63) is 33.4 Å². The molecule has 3 nitrogen and oxygen atoms in total. The Morgan fingerprint density at radius 3 is 2.53 bits per heavy atom. The van der Waals surface area contributed by atoms with E-state index in [4.69, 9.17) is 5.73 Å². The highest BCUT2D eigenvalue weighted by atomic mass is 127. The van der Waals surface area contributed by atoms with Crippen molar-refractivity contribution < 1.29 is 4.79 Å². The van der Waals surface area contributed by atoms with Crippen molar-refractivity contribution >= 4 is 40.9 Å². The number of halogens is 2. The maximum absolute atomic E-state index is 11.5. The third-order valence-electron chi connectivity index (χ3n) is 2.79. The van der Waals surface area contributed by atoms with Gasteiger partial charge in [-0.3, -0.25) is 4.79 Å². The molecule has 0 aliphatic carbocycles. The van der Waals surface area contributed by atoms with Crippen molar-refractivity contribution in [3.8, 4) is 0 Å². The van der Waals surface area contributed by atoms with Crippen molar-refractivity contribution in [1.82, 2.24) is 5.32 Å². The Balaban J connectivity index is 0.00000324. The zero-order chi connectivity index (χ0) is 13.4. The lowest BCUT2D eigenvalue weighted by Gasteiger charge is -2.10. The zero-order valence-corrected chi connectivity index (χ0v) is 14.2. The minimum atomic E-state index is 0. The van der Waals surface area contributed by atoms with Crippen LogP contribution in [0, 0.1) is 3.57 Å². The molecule has 0 aromatic heterocycles. The summed E-state index contributed by atoms with van der Waals surface area (Å²) in [5.74, 6) is 0.107.